The van der Waals surface area contributed by atoms with Gasteiger partial charge in [-0.25, -0.2) is 0 Å². The highest BCUT2D eigenvalue weighted by Crippen LogP contribution is 2.34. The molecule has 2 bridgehead atoms. The van der Waals surface area contributed by atoms with Crippen molar-refractivity contribution in [1.29, 1.82) is 0 Å². The molecular formula is C16H21Cl3N2. The smallest absolute Gasteiger partial charge is 0.0652 e. The molecule has 2 fully saturated rings. The van der Waals surface area contributed by atoms with Gasteiger partial charge in [-0.15, -0.1) is 0 Å². The number of hydrogen-bond acceptors (Lipinski definition) is 2. The Morgan fingerprint density at radius 1 is 1.10 bits per heavy atom. The molecule has 0 amide bonds. The lowest BCUT2D eigenvalue weighted by molar-refractivity contribution is 0.0482. The summed E-state index contributed by atoms with van der Waals surface area (Å²) in [6, 6.07) is 5.55. The van der Waals surface area contributed by atoms with Gasteiger partial charge in [0.2, 0.25) is 0 Å². The zero-order chi connectivity index (χ0) is 15.0. The zero-order valence-corrected chi connectivity index (χ0v) is 14.5. The number of halogens is 3. The van der Waals surface area contributed by atoms with E-state index in [4.69, 9.17) is 34.8 Å². The summed E-state index contributed by atoms with van der Waals surface area (Å²) < 4.78 is 0. The van der Waals surface area contributed by atoms with Gasteiger partial charge in [-0.3, -0.25) is 0 Å². The van der Waals surface area contributed by atoms with Crippen LogP contribution in [-0.4, -0.2) is 30.1 Å². The number of benzene rings is 1. The average Bonchev–Trinajstić information content (AvgIpc) is 2.44. The summed E-state index contributed by atoms with van der Waals surface area (Å²) in [6.45, 7) is 0.687. The fraction of sp³-hybridized carbons (Fsp3) is 0.625. The molecule has 1 N–H and O–H groups in total. The van der Waals surface area contributed by atoms with Gasteiger partial charge in [-0.1, -0.05) is 41.2 Å². The summed E-state index contributed by atoms with van der Waals surface area (Å²) in [5, 5.41) is 5.47. The van der Waals surface area contributed by atoms with Gasteiger partial charge < -0.3 is 10.2 Å². The minimum Gasteiger partial charge on any atom is -0.310 e. The van der Waals surface area contributed by atoms with Gasteiger partial charge in [0.25, 0.3) is 0 Å². The highest BCUT2D eigenvalue weighted by atomic mass is 35.5. The molecule has 21 heavy (non-hydrogen) atoms. The Morgan fingerprint density at radius 2 is 1.71 bits per heavy atom. The Hall–Kier alpha value is 0.01000. The number of nitrogens with zero attached hydrogens (tertiary/aromatic N) is 1. The second kappa shape index (κ2) is 6.64. The van der Waals surface area contributed by atoms with Crippen molar-refractivity contribution in [3.8, 4) is 0 Å². The van der Waals surface area contributed by atoms with E-state index in [-0.39, 0.29) is 0 Å². The second-order valence-electron chi connectivity index (χ2n) is 6.27. The van der Waals surface area contributed by atoms with Gasteiger partial charge in [0.05, 0.1) is 10.0 Å². The van der Waals surface area contributed by atoms with Crippen molar-refractivity contribution in [3.05, 3.63) is 32.8 Å². The molecule has 2 heterocycles. The molecule has 2 aliphatic rings. The molecule has 2 atom stereocenters. The zero-order valence-electron chi connectivity index (χ0n) is 12.2. The molecule has 0 aliphatic carbocycles. The maximum absolute atomic E-state index is 6.27. The van der Waals surface area contributed by atoms with Crippen LogP contribution in [0.4, 0.5) is 0 Å². The van der Waals surface area contributed by atoms with Crippen LogP contribution < -0.4 is 5.32 Å². The van der Waals surface area contributed by atoms with Gasteiger partial charge in [0, 0.05) is 35.3 Å². The molecule has 2 nitrogen and oxygen atoms in total. The number of nitrogens with one attached hydrogen (secondary N) is 1. The third-order valence-corrected chi connectivity index (χ3v) is 6.24. The third-order valence-electron chi connectivity index (χ3n) is 5.05. The first-order valence-corrected chi connectivity index (χ1v) is 8.77. The average molecular weight is 348 g/mol. The molecule has 0 aromatic heterocycles. The van der Waals surface area contributed by atoms with Crippen LogP contribution in [0.2, 0.25) is 15.1 Å². The van der Waals surface area contributed by atoms with E-state index in [0.29, 0.717) is 27.7 Å². The van der Waals surface area contributed by atoms with Crippen LogP contribution >= 0.6 is 34.8 Å². The lowest BCUT2D eigenvalue weighted by atomic mass is 9.82. The number of hydrogen-bond donors (Lipinski definition) is 1. The van der Waals surface area contributed by atoms with Gasteiger partial charge in [-0.05, 0) is 44.9 Å². The number of fused-ring (bicyclic) bond motifs is 2. The quantitative estimate of drug-likeness (QED) is 0.794. The van der Waals surface area contributed by atoms with Gasteiger partial charge in [-0.2, -0.15) is 0 Å². The predicted molar refractivity (Wildman–Crippen MR) is 90.5 cm³/mol. The standard InChI is InChI=1S/C16H21Cl3N2/c1-21-11-3-2-4-12(21)8-10(7-11)20-9-13-14(17)5-6-15(18)16(13)19/h5-6,10-12,20H,2-4,7-9H2,1H3. The maximum atomic E-state index is 6.27. The molecule has 2 aliphatic heterocycles. The molecule has 0 radical (unpaired) electrons. The van der Waals surface area contributed by atoms with E-state index in [1.54, 1.807) is 6.07 Å². The normalized spacial score (nSPS) is 29.6. The molecule has 0 saturated carbocycles. The van der Waals surface area contributed by atoms with Crippen LogP contribution in [0.5, 0.6) is 0 Å². The Kier molecular flexibility index (Phi) is 5.02. The summed E-state index contributed by atoms with van der Waals surface area (Å²) in [6.07, 6.45) is 6.44. The Morgan fingerprint density at radius 3 is 2.38 bits per heavy atom. The molecule has 3 rings (SSSR count). The Balaban J connectivity index is 1.65. The molecule has 2 unspecified atom stereocenters. The monoisotopic (exact) mass is 346 g/mol. The SMILES string of the molecule is CN1C2CCCC1CC(NCc1c(Cl)ccc(Cl)c1Cl)C2. The summed E-state index contributed by atoms with van der Waals surface area (Å²) in [4.78, 5) is 2.57. The molecule has 5 heteroatoms. The van der Waals surface area contributed by atoms with Crippen molar-refractivity contribution in [2.75, 3.05) is 7.05 Å². The first-order valence-electron chi connectivity index (χ1n) is 7.64. The molecular weight excluding hydrogens is 327 g/mol. The van der Waals surface area contributed by atoms with Crippen molar-refractivity contribution in [2.45, 2.75) is 56.8 Å². The largest absolute Gasteiger partial charge is 0.310 e. The molecule has 1 aromatic rings. The molecule has 0 spiro atoms. The molecule has 116 valence electrons. The van der Waals surface area contributed by atoms with E-state index in [0.717, 1.165) is 17.6 Å². The lowest BCUT2D eigenvalue weighted by Crippen LogP contribution is -2.54. The second-order valence-corrected chi connectivity index (χ2v) is 7.47. The summed E-state index contributed by atoms with van der Waals surface area (Å²) in [5.41, 5.74) is 0.912. The van der Waals surface area contributed by atoms with Crippen molar-refractivity contribution in [1.82, 2.24) is 10.2 Å². The van der Waals surface area contributed by atoms with E-state index in [2.05, 4.69) is 17.3 Å². The Labute approximate surface area is 141 Å². The van der Waals surface area contributed by atoms with E-state index < -0.39 is 0 Å². The van der Waals surface area contributed by atoms with Crippen molar-refractivity contribution >= 4 is 34.8 Å². The first kappa shape index (κ1) is 15.9. The predicted octanol–water partition coefficient (Wildman–Crippen LogP) is 4.75. The third kappa shape index (κ3) is 3.35. The van der Waals surface area contributed by atoms with Crippen LogP contribution in [0.25, 0.3) is 0 Å². The fourth-order valence-corrected chi connectivity index (χ4v) is 4.44. The molecule has 1 aromatic carbocycles. The summed E-state index contributed by atoms with van der Waals surface area (Å²) in [7, 11) is 2.27. The van der Waals surface area contributed by atoms with Crippen molar-refractivity contribution in [2.24, 2.45) is 0 Å². The van der Waals surface area contributed by atoms with Crippen LogP contribution in [0.3, 0.4) is 0 Å². The van der Waals surface area contributed by atoms with E-state index in [9.17, 15) is 0 Å². The number of rotatable bonds is 3. The van der Waals surface area contributed by atoms with Gasteiger partial charge in [0.15, 0.2) is 0 Å². The van der Waals surface area contributed by atoms with E-state index >= 15 is 0 Å². The lowest BCUT2D eigenvalue weighted by Gasteiger charge is -2.47. The van der Waals surface area contributed by atoms with Gasteiger partial charge >= 0.3 is 0 Å². The summed E-state index contributed by atoms with van der Waals surface area (Å²) >= 11 is 18.6. The van der Waals surface area contributed by atoms with Crippen LogP contribution in [0.15, 0.2) is 12.1 Å². The minimum atomic E-state index is 0.544. The van der Waals surface area contributed by atoms with E-state index in [1.165, 1.54) is 32.1 Å². The summed E-state index contributed by atoms with van der Waals surface area (Å²) in [5.74, 6) is 0. The van der Waals surface area contributed by atoms with Crippen LogP contribution in [0.1, 0.15) is 37.7 Å². The van der Waals surface area contributed by atoms with Crippen molar-refractivity contribution in [3.63, 3.8) is 0 Å². The first-order chi connectivity index (χ1) is 10.1. The van der Waals surface area contributed by atoms with Crippen molar-refractivity contribution < 1.29 is 0 Å². The molecule has 2 saturated heterocycles. The minimum absolute atomic E-state index is 0.544. The highest BCUT2D eigenvalue weighted by molar-refractivity contribution is 6.44. The topological polar surface area (TPSA) is 15.3 Å². The maximum Gasteiger partial charge on any atom is 0.0652 e. The van der Waals surface area contributed by atoms with Crippen LogP contribution in [0, 0.1) is 0 Å². The number of piperidine rings is 2. The van der Waals surface area contributed by atoms with Crippen LogP contribution in [-0.2, 0) is 6.54 Å². The fourth-order valence-electron chi connectivity index (χ4n) is 3.76. The Bertz CT molecular complexity index is 506. The highest BCUT2D eigenvalue weighted by Gasteiger charge is 2.35. The van der Waals surface area contributed by atoms with E-state index in [1.807, 2.05) is 6.07 Å². The van der Waals surface area contributed by atoms with Gasteiger partial charge in [0.1, 0.15) is 0 Å².